The smallest absolute Gasteiger partial charge is 0.296 e. The summed E-state index contributed by atoms with van der Waals surface area (Å²) in [5, 5.41) is 10.1. The zero-order chi connectivity index (χ0) is 14.7. The number of aryl methyl sites for hydroxylation is 1. The Labute approximate surface area is 124 Å². The van der Waals surface area contributed by atoms with E-state index in [-0.39, 0.29) is 6.01 Å². The van der Waals surface area contributed by atoms with Crippen LogP contribution in [0.5, 0.6) is 6.01 Å². The van der Waals surface area contributed by atoms with Gasteiger partial charge in [-0.05, 0) is 18.1 Å². The maximum absolute atomic E-state index is 10.1. The summed E-state index contributed by atoms with van der Waals surface area (Å²) in [6, 6.07) is 12.2. The molecular weight excluding hydrogens is 262 g/mol. The van der Waals surface area contributed by atoms with Crippen LogP contribution in [0.4, 0.5) is 0 Å². The van der Waals surface area contributed by atoms with Gasteiger partial charge in [0.1, 0.15) is 0 Å². The van der Waals surface area contributed by atoms with Crippen molar-refractivity contribution in [1.29, 1.82) is 0 Å². The molecule has 0 amide bonds. The lowest BCUT2D eigenvalue weighted by Crippen LogP contribution is -1.99. The van der Waals surface area contributed by atoms with Crippen LogP contribution >= 0.6 is 0 Å². The van der Waals surface area contributed by atoms with Crippen molar-refractivity contribution < 1.29 is 5.11 Å². The van der Waals surface area contributed by atoms with Gasteiger partial charge in [0, 0.05) is 18.3 Å². The number of hydrogen-bond acceptors (Lipinski definition) is 3. The molecule has 0 atom stereocenters. The van der Waals surface area contributed by atoms with E-state index in [1.54, 1.807) is 6.20 Å². The number of unbranched alkanes of at least 4 members (excludes halogenated alkanes) is 2. The molecule has 0 saturated heterocycles. The second-order valence-corrected chi connectivity index (χ2v) is 5.17. The number of benzene rings is 1. The first kappa shape index (κ1) is 13.6. The summed E-state index contributed by atoms with van der Waals surface area (Å²) in [4.78, 5) is 8.47. The van der Waals surface area contributed by atoms with Crippen molar-refractivity contribution in [2.45, 2.75) is 32.7 Å². The van der Waals surface area contributed by atoms with Gasteiger partial charge in [0.25, 0.3) is 6.01 Å². The summed E-state index contributed by atoms with van der Waals surface area (Å²) in [6.07, 6.45) is 5.06. The highest BCUT2D eigenvalue weighted by atomic mass is 16.3. The summed E-state index contributed by atoms with van der Waals surface area (Å²) in [6.45, 7) is 2.94. The quantitative estimate of drug-likeness (QED) is 0.719. The fourth-order valence-corrected chi connectivity index (χ4v) is 2.63. The molecule has 0 saturated carbocycles. The lowest BCUT2D eigenvalue weighted by molar-refractivity contribution is 0.397. The molecule has 0 fully saturated rings. The largest absolute Gasteiger partial charge is 0.480 e. The Bertz CT molecular complexity index is 734. The number of hydrogen-bond donors (Lipinski definition) is 1. The predicted octanol–water partition coefficient (Wildman–Crippen LogP) is 3.99. The number of fused-ring (bicyclic) bond motifs is 1. The first-order chi connectivity index (χ1) is 10.3. The van der Waals surface area contributed by atoms with E-state index in [0.29, 0.717) is 5.65 Å². The Morgan fingerprint density at radius 3 is 2.67 bits per heavy atom. The van der Waals surface area contributed by atoms with Crippen LogP contribution in [0, 0.1) is 0 Å². The number of aromatic hydroxyl groups is 1. The SMILES string of the molecule is CCCCCn1c(O)nc2nccc(-c3ccccc3)c21. The van der Waals surface area contributed by atoms with E-state index in [9.17, 15) is 5.11 Å². The first-order valence-electron chi connectivity index (χ1n) is 7.41. The standard InChI is InChI=1S/C17H19N3O/c1-2-3-7-12-20-15-14(13-8-5-4-6-9-13)10-11-18-16(15)19-17(20)21/h4-6,8-11H,2-3,7,12H2,1H3,(H,18,19,21). The molecule has 4 heteroatoms. The van der Waals surface area contributed by atoms with Crippen LogP contribution in [0.2, 0.25) is 0 Å². The van der Waals surface area contributed by atoms with Crippen LogP contribution in [0.25, 0.3) is 22.3 Å². The number of pyridine rings is 1. The molecule has 0 aliphatic carbocycles. The zero-order valence-corrected chi connectivity index (χ0v) is 12.2. The summed E-state index contributed by atoms with van der Waals surface area (Å²) < 4.78 is 1.88. The van der Waals surface area contributed by atoms with E-state index in [1.165, 1.54) is 0 Å². The number of nitrogens with zero attached hydrogens (tertiary/aromatic N) is 3. The Morgan fingerprint density at radius 1 is 1.10 bits per heavy atom. The van der Waals surface area contributed by atoms with E-state index < -0.39 is 0 Å². The van der Waals surface area contributed by atoms with Gasteiger partial charge in [-0.3, -0.25) is 4.57 Å². The summed E-state index contributed by atoms with van der Waals surface area (Å²) in [5.74, 6) is 0. The minimum absolute atomic E-state index is 0.0528. The molecule has 2 aromatic heterocycles. The second-order valence-electron chi connectivity index (χ2n) is 5.17. The predicted molar refractivity (Wildman–Crippen MR) is 84.2 cm³/mol. The van der Waals surface area contributed by atoms with Crippen molar-refractivity contribution in [3.8, 4) is 17.1 Å². The van der Waals surface area contributed by atoms with Crippen molar-refractivity contribution in [1.82, 2.24) is 14.5 Å². The van der Waals surface area contributed by atoms with Crippen LogP contribution < -0.4 is 0 Å². The maximum atomic E-state index is 10.1. The highest BCUT2D eigenvalue weighted by Crippen LogP contribution is 2.30. The molecule has 3 rings (SSSR count). The Balaban J connectivity index is 2.12. The van der Waals surface area contributed by atoms with Crippen molar-refractivity contribution in [2.75, 3.05) is 0 Å². The van der Waals surface area contributed by atoms with Gasteiger partial charge in [-0.25, -0.2) is 4.98 Å². The molecule has 0 spiro atoms. The minimum Gasteiger partial charge on any atom is -0.480 e. The van der Waals surface area contributed by atoms with Gasteiger partial charge in [-0.2, -0.15) is 4.98 Å². The van der Waals surface area contributed by atoms with E-state index in [0.717, 1.165) is 42.5 Å². The van der Waals surface area contributed by atoms with Crippen LogP contribution in [0.1, 0.15) is 26.2 Å². The van der Waals surface area contributed by atoms with Crippen LogP contribution in [0.3, 0.4) is 0 Å². The van der Waals surface area contributed by atoms with Crippen LogP contribution in [-0.2, 0) is 6.54 Å². The summed E-state index contributed by atoms with van der Waals surface area (Å²) in [5.41, 5.74) is 3.69. The van der Waals surface area contributed by atoms with Gasteiger partial charge in [-0.1, -0.05) is 50.1 Å². The minimum atomic E-state index is 0.0528. The monoisotopic (exact) mass is 281 g/mol. The Morgan fingerprint density at radius 2 is 1.90 bits per heavy atom. The van der Waals surface area contributed by atoms with Crippen LogP contribution in [-0.4, -0.2) is 19.6 Å². The summed E-state index contributed by atoms with van der Waals surface area (Å²) in [7, 11) is 0. The Kier molecular flexibility index (Phi) is 3.86. The average Bonchev–Trinajstić information content (AvgIpc) is 2.84. The molecule has 2 heterocycles. The number of imidazole rings is 1. The molecule has 3 aromatic rings. The van der Waals surface area contributed by atoms with Gasteiger partial charge in [0.15, 0.2) is 5.65 Å². The molecule has 4 nitrogen and oxygen atoms in total. The molecule has 0 bridgehead atoms. The van der Waals surface area contributed by atoms with Crippen LogP contribution in [0.15, 0.2) is 42.6 Å². The van der Waals surface area contributed by atoms with Gasteiger partial charge in [0.2, 0.25) is 0 Å². The van der Waals surface area contributed by atoms with Gasteiger partial charge in [-0.15, -0.1) is 0 Å². The maximum Gasteiger partial charge on any atom is 0.296 e. The molecule has 0 radical (unpaired) electrons. The second kappa shape index (κ2) is 5.95. The van der Waals surface area contributed by atoms with Crippen molar-refractivity contribution in [2.24, 2.45) is 0 Å². The number of aromatic nitrogens is 3. The van der Waals surface area contributed by atoms with Crippen molar-refractivity contribution >= 4 is 11.2 Å². The van der Waals surface area contributed by atoms with E-state index in [1.807, 2.05) is 28.8 Å². The van der Waals surface area contributed by atoms with E-state index in [2.05, 4.69) is 29.0 Å². The highest BCUT2D eigenvalue weighted by Gasteiger charge is 2.15. The lowest BCUT2D eigenvalue weighted by Gasteiger charge is -2.09. The molecule has 0 unspecified atom stereocenters. The normalized spacial score (nSPS) is 11.1. The fraction of sp³-hybridized carbons (Fsp3) is 0.294. The molecule has 1 aromatic carbocycles. The molecule has 0 aliphatic rings. The highest BCUT2D eigenvalue weighted by molar-refractivity contribution is 5.90. The lowest BCUT2D eigenvalue weighted by atomic mass is 10.1. The third kappa shape index (κ3) is 2.61. The van der Waals surface area contributed by atoms with Crippen molar-refractivity contribution in [3.05, 3.63) is 42.6 Å². The van der Waals surface area contributed by atoms with E-state index in [4.69, 9.17) is 0 Å². The van der Waals surface area contributed by atoms with E-state index >= 15 is 0 Å². The Hall–Kier alpha value is -2.36. The van der Waals surface area contributed by atoms with Crippen molar-refractivity contribution in [3.63, 3.8) is 0 Å². The molecule has 21 heavy (non-hydrogen) atoms. The van der Waals surface area contributed by atoms with Gasteiger partial charge >= 0.3 is 0 Å². The topological polar surface area (TPSA) is 50.9 Å². The molecular formula is C17H19N3O. The van der Waals surface area contributed by atoms with Gasteiger partial charge < -0.3 is 5.11 Å². The molecule has 0 aliphatic heterocycles. The third-order valence-corrected chi connectivity index (χ3v) is 3.69. The average molecular weight is 281 g/mol. The zero-order valence-electron chi connectivity index (χ0n) is 12.2. The fourth-order valence-electron chi connectivity index (χ4n) is 2.63. The molecule has 108 valence electrons. The first-order valence-corrected chi connectivity index (χ1v) is 7.41. The summed E-state index contributed by atoms with van der Waals surface area (Å²) >= 11 is 0. The number of rotatable bonds is 5. The molecule has 1 N–H and O–H groups in total. The third-order valence-electron chi connectivity index (χ3n) is 3.69. The van der Waals surface area contributed by atoms with Gasteiger partial charge in [0.05, 0.1) is 5.52 Å².